The molecule has 4 nitrogen and oxygen atoms in total. The molecular weight excluding hydrogens is 471 g/mol. The summed E-state index contributed by atoms with van der Waals surface area (Å²) in [5, 5.41) is 9.66. The van der Waals surface area contributed by atoms with Gasteiger partial charge < -0.3 is 9.84 Å². The predicted molar refractivity (Wildman–Crippen MR) is 123 cm³/mol. The van der Waals surface area contributed by atoms with Gasteiger partial charge in [-0.25, -0.2) is 9.78 Å². The molecule has 0 fully saturated rings. The minimum atomic E-state index is -4.36. The van der Waals surface area contributed by atoms with Crippen molar-refractivity contribution in [2.24, 2.45) is 0 Å². The lowest BCUT2D eigenvalue weighted by atomic mass is 10.1. The van der Waals surface area contributed by atoms with Crippen LogP contribution in [0.25, 0.3) is 10.6 Å². The number of rotatable bonds is 7. The number of aliphatic carboxylic acids is 1. The molecule has 0 atom stereocenters. The van der Waals surface area contributed by atoms with Crippen molar-refractivity contribution in [3.8, 4) is 16.3 Å². The summed E-state index contributed by atoms with van der Waals surface area (Å²) in [6.07, 6.45) is -1.55. The molecule has 0 radical (unpaired) electrons. The van der Waals surface area contributed by atoms with Crippen molar-refractivity contribution in [1.82, 2.24) is 4.98 Å². The van der Waals surface area contributed by atoms with E-state index in [2.05, 4.69) is 11.1 Å². The Balaban J connectivity index is 1.52. The van der Waals surface area contributed by atoms with E-state index in [1.165, 1.54) is 29.0 Å². The highest BCUT2D eigenvalue weighted by molar-refractivity contribution is 7.98. The van der Waals surface area contributed by atoms with Crippen molar-refractivity contribution < 1.29 is 27.8 Å². The van der Waals surface area contributed by atoms with Crippen molar-refractivity contribution in [3.63, 3.8) is 0 Å². The maximum Gasteiger partial charge on any atom is 0.416 e. The standard InChI is InChI=1S/C24H22F3NO3S2/c1-13-10-19(17-4-3-5-18(17)22(13)31-11-21(29)30)32-12-20-14(2)28-23(33-20)15-6-8-16(9-7-15)24(25,26)27/h6-10H,3-5,11-12H2,1-2H3,(H,29,30). The molecule has 3 aromatic rings. The Morgan fingerprint density at radius 1 is 1.18 bits per heavy atom. The molecule has 9 heteroatoms. The van der Waals surface area contributed by atoms with Crippen LogP contribution < -0.4 is 4.74 Å². The van der Waals surface area contributed by atoms with Crippen LogP contribution in [0.4, 0.5) is 13.2 Å². The van der Waals surface area contributed by atoms with E-state index < -0.39 is 17.7 Å². The number of hydrogen-bond donors (Lipinski definition) is 1. The van der Waals surface area contributed by atoms with Gasteiger partial charge in [-0.2, -0.15) is 13.2 Å². The molecule has 0 unspecified atom stereocenters. The van der Waals surface area contributed by atoms with E-state index in [4.69, 9.17) is 9.84 Å². The average molecular weight is 494 g/mol. The number of carboxylic acids is 1. The van der Waals surface area contributed by atoms with Crippen molar-refractivity contribution >= 4 is 29.1 Å². The highest BCUT2D eigenvalue weighted by atomic mass is 32.2. The monoisotopic (exact) mass is 493 g/mol. The molecular formula is C24H22F3NO3S2. The third kappa shape index (κ3) is 5.19. The zero-order chi connectivity index (χ0) is 23.8. The van der Waals surface area contributed by atoms with Crippen molar-refractivity contribution in [2.75, 3.05) is 6.61 Å². The van der Waals surface area contributed by atoms with E-state index in [9.17, 15) is 18.0 Å². The van der Waals surface area contributed by atoms with E-state index in [0.29, 0.717) is 22.1 Å². The van der Waals surface area contributed by atoms with Crippen LogP contribution in [0.5, 0.6) is 5.75 Å². The number of alkyl halides is 3. The van der Waals surface area contributed by atoms with Gasteiger partial charge in [-0.15, -0.1) is 23.1 Å². The van der Waals surface area contributed by atoms with E-state index in [1.807, 2.05) is 13.8 Å². The minimum Gasteiger partial charge on any atom is -0.481 e. The summed E-state index contributed by atoms with van der Waals surface area (Å²) in [7, 11) is 0. The van der Waals surface area contributed by atoms with Gasteiger partial charge in [-0.05, 0) is 68.0 Å². The predicted octanol–water partition coefficient (Wildman–Crippen LogP) is 6.69. The molecule has 174 valence electrons. The third-order valence-corrected chi connectivity index (χ3v) is 8.04. The highest BCUT2D eigenvalue weighted by Crippen LogP contribution is 2.42. The second kappa shape index (κ2) is 9.38. The SMILES string of the molecule is Cc1cc(SCc2sc(-c3ccc(C(F)(F)F)cc3)nc2C)c2c(c1OCC(=O)O)CCC2. The molecule has 0 aliphatic heterocycles. The molecule has 1 heterocycles. The van der Waals surface area contributed by atoms with Crippen molar-refractivity contribution in [3.05, 3.63) is 63.2 Å². The fourth-order valence-corrected chi connectivity index (χ4v) is 6.38. The number of aromatic nitrogens is 1. The average Bonchev–Trinajstić information content (AvgIpc) is 3.38. The number of aryl methyl sites for hydroxylation is 2. The lowest BCUT2D eigenvalue weighted by Crippen LogP contribution is -2.11. The fourth-order valence-electron chi connectivity index (χ4n) is 3.95. The molecule has 0 amide bonds. The van der Waals surface area contributed by atoms with E-state index >= 15 is 0 Å². The molecule has 0 saturated carbocycles. The van der Waals surface area contributed by atoms with Gasteiger partial charge in [0.2, 0.25) is 0 Å². The summed E-state index contributed by atoms with van der Waals surface area (Å²) in [5.74, 6) is 0.391. The number of nitrogens with zero attached hydrogens (tertiary/aromatic N) is 1. The number of thioether (sulfide) groups is 1. The number of fused-ring (bicyclic) bond motifs is 1. The Kier molecular flexibility index (Phi) is 6.72. The summed E-state index contributed by atoms with van der Waals surface area (Å²) >= 11 is 3.20. The first kappa shape index (κ1) is 23.6. The highest BCUT2D eigenvalue weighted by Gasteiger charge is 2.30. The number of ether oxygens (including phenoxy) is 1. The zero-order valence-corrected chi connectivity index (χ0v) is 19.7. The third-order valence-electron chi connectivity index (χ3n) is 5.55. The molecule has 2 aromatic carbocycles. The smallest absolute Gasteiger partial charge is 0.416 e. The van der Waals surface area contributed by atoms with Crippen LogP contribution in [-0.2, 0) is 29.6 Å². The van der Waals surface area contributed by atoms with Crippen molar-refractivity contribution in [2.45, 2.75) is 49.9 Å². The minimum absolute atomic E-state index is 0.355. The molecule has 1 aliphatic carbocycles. The molecule has 4 rings (SSSR count). The Labute approximate surface area is 197 Å². The number of halogens is 3. The van der Waals surface area contributed by atoms with Crippen LogP contribution >= 0.6 is 23.1 Å². The first-order valence-electron chi connectivity index (χ1n) is 10.4. The molecule has 33 heavy (non-hydrogen) atoms. The van der Waals surface area contributed by atoms with Crippen molar-refractivity contribution in [1.29, 1.82) is 0 Å². The maximum atomic E-state index is 12.8. The normalized spacial score (nSPS) is 13.2. The lowest BCUT2D eigenvalue weighted by molar-refractivity contribution is -0.139. The first-order valence-corrected chi connectivity index (χ1v) is 12.2. The van der Waals surface area contributed by atoms with Gasteiger partial charge in [-0.1, -0.05) is 12.1 Å². The summed E-state index contributed by atoms with van der Waals surface area (Å²) in [6, 6.07) is 7.15. The number of hydrogen-bond acceptors (Lipinski definition) is 5. The van der Waals surface area contributed by atoms with Crippen LogP contribution in [0, 0.1) is 13.8 Å². The van der Waals surface area contributed by atoms with Gasteiger partial charge in [-0.3, -0.25) is 0 Å². The molecule has 0 spiro atoms. The largest absolute Gasteiger partial charge is 0.481 e. The fraction of sp³-hybridized carbons (Fsp3) is 0.333. The van der Waals surface area contributed by atoms with Gasteiger partial charge in [0.1, 0.15) is 10.8 Å². The number of thiazole rings is 1. The zero-order valence-electron chi connectivity index (χ0n) is 18.1. The summed E-state index contributed by atoms with van der Waals surface area (Å²) in [4.78, 5) is 17.7. The molecule has 0 bridgehead atoms. The van der Waals surface area contributed by atoms with Crippen LogP contribution in [0.15, 0.2) is 35.2 Å². The molecule has 1 aliphatic rings. The number of benzene rings is 2. The van der Waals surface area contributed by atoms with Gasteiger partial charge in [0, 0.05) is 21.1 Å². The van der Waals surface area contributed by atoms with Crippen LogP contribution in [0.2, 0.25) is 0 Å². The Morgan fingerprint density at radius 2 is 1.88 bits per heavy atom. The molecule has 1 aromatic heterocycles. The van der Waals surface area contributed by atoms with Gasteiger partial charge >= 0.3 is 12.1 Å². The first-order chi connectivity index (χ1) is 15.6. The van der Waals surface area contributed by atoms with E-state index in [0.717, 1.165) is 58.0 Å². The summed E-state index contributed by atoms with van der Waals surface area (Å²) in [5.41, 5.74) is 4.11. The summed E-state index contributed by atoms with van der Waals surface area (Å²) in [6.45, 7) is 3.49. The quantitative estimate of drug-likeness (QED) is 0.372. The molecule has 1 N–H and O–H groups in total. The van der Waals surface area contributed by atoms with Gasteiger partial charge in [0.15, 0.2) is 6.61 Å². The summed E-state index contributed by atoms with van der Waals surface area (Å²) < 4.78 is 44.1. The van der Waals surface area contributed by atoms with Gasteiger partial charge in [0.25, 0.3) is 0 Å². The maximum absolute atomic E-state index is 12.8. The topological polar surface area (TPSA) is 59.4 Å². The van der Waals surface area contributed by atoms with Crippen LogP contribution in [0.3, 0.4) is 0 Å². The number of carboxylic acid groups (broad SMARTS) is 1. The van der Waals surface area contributed by atoms with Crippen LogP contribution in [-0.4, -0.2) is 22.7 Å². The van der Waals surface area contributed by atoms with E-state index in [1.54, 1.807) is 11.8 Å². The second-order valence-corrected chi connectivity index (χ2v) is 10.0. The molecule has 0 saturated heterocycles. The number of carbonyl (C=O) groups is 1. The van der Waals surface area contributed by atoms with Gasteiger partial charge in [0.05, 0.1) is 11.3 Å². The van der Waals surface area contributed by atoms with E-state index in [-0.39, 0.29) is 6.61 Å². The Hall–Kier alpha value is -2.52. The van der Waals surface area contributed by atoms with Crippen LogP contribution in [0.1, 0.15) is 39.2 Å². The Bertz CT molecular complexity index is 1190. The lowest BCUT2D eigenvalue weighted by Gasteiger charge is -2.16. The Morgan fingerprint density at radius 3 is 2.55 bits per heavy atom. The second-order valence-electron chi connectivity index (χ2n) is 7.91.